The van der Waals surface area contributed by atoms with Gasteiger partial charge in [-0.25, -0.2) is 0 Å². The smallest absolute Gasteiger partial charge is 0.125 e. The van der Waals surface area contributed by atoms with Crippen LogP contribution in [0, 0.1) is 20.8 Å². The quantitative estimate of drug-likeness (QED) is 0.697. The van der Waals surface area contributed by atoms with Crippen molar-refractivity contribution in [3.8, 4) is 5.75 Å². The minimum atomic E-state index is 0.207. The lowest BCUT2D eigenvalue weighted by Crippen LogP contribution is -2.19. The Morgan fingerprint density at radius 3 is 2.33 bits per heavy atom. The molecule has 3 heteroatoms. The molecule has 0 amide bonds. The average Bonchev–Trinajstić information content (AvgIpc) is 2.30. The van der Waals surface area contributed by atoms with E-state index in [1.807, 2.05) is 0 Å². The van der Waals surface area contributed by atoms with E-state index in [1.54, 1.807) is 0 Å². The van der Waals surface area contributed by atoms with Crippen LogP contribution < -0.4 is 10.1 Å². The first-order valence-corrected chi connectivity index (χ1v) is 6.67. The Morgan fingerprint density at radius 2 is 1.72 bits per heavy atom. The highest BCUT2D eigenvalue weighted by atomic mass is 16.5. The average molecular weight is 251 g/mol. The van der Waals surface area contributed by atoms with Crippen molar-refractivity contribution in [1.29, 1.82) is 0 Å². The number of aryl methyl sites for hydroxylation is 3. The molecule has 0 heterocycles. The van der Waals surface area contributed by atoms with Crippen LogP contribution in [0.2, 0.25) is 0 Å². The summed E-state index contributed by atoms with van der Waals surface area (Å²) in [7, 11) is 0. The van der Waals surface area contributed by atoms with Gasteiger partial charge in [0.15, 0.2) is 0 Å². The van der Waals surface area contributed by atoms with Crippen LogP contribution in [0.25, 0.3) is 0 Å². The van der Waals surface area contributed by atoms with Gasteiger partial charge in [0.1, 0.15) is 5.75 Å². The predicted octanol–water partition coefficient (Wildman–Crippen LogP) is 2.35. The highest BCUT2D eigenvalue weighted by Crippen LogP contribution is 2.24. The van der Waals surface area contributed by atoms with Crippen molar-refractivity contribution < 1.29 is 9.84 Å². The number of benzene rings is 1. The van der Waals surface area contributed by atoms with E-state index in [1.165, 1.54) is 16.7 Å². The van der Waals surface area contributed by atoms with Crippen LogP contribution in [-0.2, 0) is 0 Å². The van der Waals surface area contributed by atoms with Gasteiger partial charge in [0.25, 0.3) is 0 Å². The summed E-state index contributed by atoms with van der Waals surface area (Å²) in [6.07, 6.45) is 2.11. The van der Waals surface area contributed by atoms with Gasteiger partial charge >= 0.3 is 0 Å². The highest BCUT2D eigenvalue weighted by Gasteiger charge is 2.04. The number of rotatable bonds is 8. The second kappa shape index (κ2) is 8.11. The fourth-order valence-corrected chi connectivity index (χ4v) is 2.12. The first-order chi connectivity index (χ1) is 8.65. The molecule has 0 aliphatic rings. The zero-order valence-electron chi connectivity index (χ0n) is 11.8. The van der Waals surface area contributed by atoms with E-state index in [9.17, 15) is 0 Å². The van der Waals surface area contributed by atoms with E-state index in [4.69, 9.17) is 9.84 Å². The SMILES string of the molecule is Cc1cc(C)c(OCCCCNCCO)c(C)c1. The van der Waals surface area contributed by atoms with Crippen molar-refractivity contribution in [2.24, 2.45) is 0 Å². The first-order valence-electron chi connectivity index (χ1n) is 6.67. The third kappa shape index (κ3) is 5.07. The van der Waals surface area contributed by atoms with E-state index < -0.39 is 0 Å². The van der Waals surface area contributed by atoms with Crippen molar-refractivity contribution in [3.63, 3.8) is 0 Å². The Bertz CT molecular complexity index is 341. The van der Waals surface area contributed by atoms with Gasteiger partial charge in [-0.05, 0) is 51.3 Å². The fourth-order valence-electron chi connectivity index (χ4n) is 2.12. The molecular weight excluding hydrogens is 226 g/mol. The van der Waals surface area contributed by atoms with Gasteiger partial charge in [-0.3, -0.25) is 0 Å². The zero-order chi connectivity index (χ0) is 13.4. The van der Waals surface area contributed by atoms with Crippen LogP contribution in [0.3, 0.4) is 0 Å². The topological polar surface area (TPSA) is 41.5 Å². The number of hydrogen-bond acceptors (Lipinski definition) is 3. The predicted molar refractivity (Wildman–Crippen MR) is 75.3 cm³/mol. The van der Waals surface area contributed by atoms with Crippen LogP contribution in [0.1, 0.15) is 29.5 Å². The van der Waals surface area contributed by atoms with E-state index in [2.05, 4.69) is 38.2 Å². The molecule has 1 aromatic rings. The van der Waals surface area contributed by atoms with Gasteiger partial charge in [0.2, 0.25) is 0 Å². The fraction of sp³-hybridized carbons (Fsp3) is 0.600. The molecule has 0 bridgehead atoms. The lowest BCUT2D eigenvalue weighted by Gasteiger charge is -2.13. The van der Waals surface area contributed by atoms with Crippen LogP contribution in [0.4, 0.5) is 0 Å². The largest absolute Gasteiger partial charge is 0.493 e. The summed E-state index contributed by atoms with van der Waals surface area (Å²) in [5.74, 6) is 1.03. The van der Waals surface area contributed by atoms with Crippen molar-refractivity contribution in [2.45, 2.75) is 33.6 Å². The lowest BCUT2D eigenvalue weighted by atomic mass is 10.1. The molecule has 0 spiro atoms. The Hall–Kier alpha value is -1.06. The number of ether oxygens (including phenoxy) is 1. The van der Waals surface area contributed by atoms with Gasteiger partial charge < -0.3 is 15.2 Å². The van der Waals surface area contributed by atoms with Gasteiger partial charge in [-0.15, -0.1) is 0 Å². The van der Waals surface area contributed by atoms with E-state index >= 15 is 0 Å². The van der Waals surface area contributed by atoms with Crippen molar-refractivity contribution in [3.05, 3.63) is 28.8 Å². The van der Waals surface area contributed by atoms with E-state index in [-0.39, 0.29) is 6.61 Å². The summed E-state index contributed by atoms with van der Waals surface area (Å²) in [4.78, 5) is 0. The Balaban J connectivity index is 2.27. The molecule has 0 saturated carbocycles. The van der Waals surface area contributed by atoms with Gasteiger partial charge in [0, 0.05) is 6.54 Å². The Morgan fingerprint density at radius 1 is 1.06 bits per heavy atom. The normalized spacial score (nSPS) is 10.7. The first kappa shape index (κ1) is 15.0. The molecule has 0 fully saturated rings. The molecule has 0 atom stereocenters. The minimum Gasteiger partial charge on any atom is -0.493 e. The van der Waals surface area contributed by atoms with Crippen molar-refractivity contribution >= 4 is 0 Å². The maximum absolute atomic E-state index is 8.61. The molecule has 0 aliphatic heterocycles. The van der Waals surface area contributed by atoms with E-state index in [0.717, 1.165) is 31.7 Å². The highest BCUT2D eigenvalue weighted by molar-refractivity contribution is 5.42. The van der Waals surface area contributed by atoms with Crippen molar-refractivity contribution in [2.75, 3.05) is 26.3 Å². The van der Waals surface area contributed by atoms with Crippen LogP contribution in [0.5, 0.6) is 5.75 Å². The summed E-state index contributed by atoms with van der Waals surface area (Å²) in [6, 6.07) is 4.32. The standard InChI is InChI=1S/C15H25NO2/c1-12-10-13(2)15(14(3)11-12)18-9-5-4-6-16-7-8-17/h10-11,16-17H,4-9H2,1-3H3. The van der Waals surface area contributed by atoms with Crippen molar-refractivity contribution in [1.82, 2.24) is 5.32 Å². The van der Waals surface area contributed by atoms with Gasteiger partial charge in [-0.2, -0.15) is 0 Å². The molecule has 1 aromatic carbocycles. The summed E-state index contributed by atoms with van der Waals surface area (Å²) in [5.41, 5.74) is 3.71. The van der Waals surface area contributed by atoms with Gasteiger partial charge in [0.05, 0.1) is 13.2 Å². The second-order valence-corrected chi connectivity index (χ2v) is 4.76. The summed E-state index contributed by atoms with van der Waals surface area (Å²) in [6.45, 7) is 8.88. The van der Waals surface area contributed by atoms with Crippen LogP contribution in [-0.4, -0.2) is 31.4 Å². The summed E-state index contributed by atoms with van der Waals surface area (Å²) < 4.78 is 5.85. The maximum atomic E-state index is 8.61. The molecule has 102 valence electrons. The number of aliphatic hydroxyl groups is 1. The van der Waals surface area contributed by atoms with Crippen LogP contribution >= 0.6 is 0 Å². The summed E-state index contributed by atoms with van der Waals surface area (Å²) in [5, 5.41) is 11.8. The number of aliphatic hydroxyl groups excluding tert-OH is 1. The molecule has 3 nitrogen and oxygen atoms in total. The molecular formula is C15H25NO2. The number of hydrogen-bond donors (Lipinski definition) is 2. The van der Waals surface area contributed by atoms with E-state index in [0.29, 0.717) is 6.54 Å². The third-order valence-electron chi connectivity index (χ3n) is 2.89. The zero-order valence-corrected chi connectivity index (χ0v) is 11.8. The lowest BCUT2D eigenvalue weighted by molar-refractivity contribution is 0.285. The maximum Gasteiger partial charge on any atom is 0.125 e. The molecule has 0 aliphatic carbocycles. The molecule has 0 saturated heterocycles. The molecule has 0 radical (unpaired) electrons. The minimum absolute atomic E-state index is 0.207. The second-order valence-electron chi connectivity index (χ2n) is 4.76. The third-order valence-corrected chi connectivity index (χ3v) is 2.89. The Labute approximate surface area is 110 Å². The molecule has 0 unspecified atom stereocenters. The number of unbranched alkanes of at least 4 members (excludes halogenated alkanes) is 1. The monoisotopic (exact) mass is 251 g/mol. The number of nitrogens with one attached hydrogen (secondary N) is 1. The van der Waals surface area contributed by atoms with Crippen LogP contribution in [0.15, 0.2) is 12.1 Å². The Kier molecular flexibility index (Phi) is 6.76. The molecule has 18 heavy (non-hydrogen) atoms. The molecule has 1 rings (SSSR count). The van der Waals surface area contributed by atoms with Gasteiger partial charge in [-0.1, -0.05) is 17.7 Å². The molecule has 0 aromatic heterocycles. The molecule has 2 N–H and O–H groups in total. The summed E-state index contributed by atoms with van der Waals surface area (Å²) >= 11 is 0.